The smallest absolute Gasteiger partial charge is 0.492 e. The Balaban J connectivity index is 1.25. The van der Waals surface area contributed by atoms with Gasteiger partial charge in [0.15, 0.2) is 18.1 Å². The molecule has 35 heavy (non-hydrogen) atoms. The Morgan fingerprint density at radius 2 is 1.89 bits per heavy atom. The molecule has 186 valence electrons. The predicted octanol–water partition coefficient (Wildman–Crippen LogP) is 3.67. The van der Waals surface area contributed by atoms with Gasteiger partial charge in [-0.3, -0.25) is 9.59 Å². The van der Waals surface area contributed by atoms with Crippen molar-refractivity contribution in [1.29, 1.82) is 0 Å². The average molecular weight is 513 g/mol. The van der Waals surface area contributed by atoms with Crippen molar-refractivity contribution in [3.8, 4) is 23.0 Å². The molecule has 0 saturated heterocycles. The van der Waals surface area contributed by atoms with Crippen LogP contribution in [0.15, 0.2) is 42.6 Å². The largest absolute Gasteiger partial charge is 0.586 e. The van der Waals surface area contributed by atoms with Crippen LogP contribution in [0.25, 0.3) is 0 Å². The van der Waals surface area contributed by atoms with Crippen molar-refractivity contribution in [3.05, 3.63) is 59.0 Å². The fourth-order valence-corrected chi connectivity index (χ4v) is 3.67. The number of amides is 2. The highest BCUT2D eigenvalue weighted by molar-refractivity contribution is 6.30. The highest BCUT2D eigenvalue weighted by Gasteiger charge is 2.48. The van der Waals surface area contributed by atoms with Gasteiger partial charge in [0.2, 0.25) is 5.91 Å². The van der Waals surface area contributed by atoms with E-state index < -0.39 is 29.3 Å². The van der Waals surface area contributed by atoms with E-state index >= 15 is 0 Å². The lowest BCUT2D eigenvalue weighted by Gasteiger charge is -2.22. The van der Waals surface area contributed by atoms with Crippen LogP contribution in [0.4, 0.5) is 13.2 Å². The molecule has 4 rings (SSSR count). The number of carbonyl (C=O) groups is 2. The van der Waals surface area contributed by atoms with E-state index in [0.29, 0.717) is 11.3 Å². The van der Waals surface area contributed by atoms with Crippen LogP contribution in [-0.4, -0.2) is 37.9 Å². The second-order valence-corrected chi connectivity index (χ2v) is 8.51. The first-order chi connectivity index (χ1) is 16.5. The summed E-state index contributed by atoms with van der Waals surface area (Å²) in [4.78, 5) is 24.9. The Bertz CT molecular complexity index is 1210. The van der Waals surface area contributed by atoms with Crippen molar-refractivity contribution in [2.24, 2.45) is 0 Å². The van der Waals surface area contributed by atoms with Gasteiger partial charge in [0.25, 0.3) is 5.91 Å². The number of alkyl halides is 2. The first-order valence-corrected chi connectivity index (χ1v) is 10.8. The second kappa shape index (κ2) is 9.21. The molecule has 0 radical (unpaired) electrons. The van der Waals surface area contributed by atoms with Gasteiger partial charge in [-0.1, -0.05) is 18.2 Å². The lowest BCUT2D eigenvalue weighted by molar-refractivity contribution is -0.286. The van der Waals surface area contributed by atoms with Gasteiger partial charge >= 0.3 is 6.29 Å². The Kier molecular flexibility index (Phi) is 6.46. The first kappa shape index (κ1) is 24.5. The van der Waals surface area contributed by atoms with Crippen LogP contribution < -0.4 is 29.6 Å². The second-order valence-electron chi connectivity index (χ2n) is 8.11. The van der Waals surface area contributed by atoms with Gasteiger partial charge in [-0.25, -0.2) is 4.39 Å². The molecule has 8 nitrogen and oxygen atoms in total. The van der Waals surface area contributed by atoms with Crippen LogP contribution in [-0.2, 0) is 15.0 Å². The molecule has 0 fully saturated rings. The molecule has 0 spiro atoms. The number of nitrogens with one attached hydrogen (secondary N) is 2. The lowest BCUT2D eigenvalue weighted by Crippen LogP contribution is -2.44. The molecule has 0 saturated carbocycles. The molecule has 12 heteroatoms. The summed E-state index contributed by atoms with van der Waals surface area (Å²) >= 11 is 5.59. The van der Waals surface area contributed by atoms with E-state index in [1.165, 1.54) is 24.3 Å². The van der Waals surface area contributed by atoms with E-state index in [4.69, 9.17) is 21.1 Å². The van der Waals surface area contributed by atoms with Gasteiger partial charge in [0, 0.05) is 36.4 Å². The monoisotopic (exact) mass is 512 g/mol. The minimum atomic E-state index is -3.78. The molecule has 1 atom stereocenters. The van der Waals surface area contributed by atoms with Crippen molar-refractivity contribution in [2.45, 2.75) is 25.1 Å². The standard InChI is InChI=1S/C23H20ClF3N2O6/c1-12(29-20(30)10-32-13-3-4-15(24)16(25)7-13)5-6-28-21(31)22(2)11-33-17-9-19-18(8-14(17)22)34-23(26,27)35-19/h3-4,7-9H,1,5-6,10-11H2,2H3,(H,28,31)(H,29,30)/t22-/m1/s1. The molecular weight excluding hydrogens is 493 g/mol. The Morgan fingerprint density at radius 1 is 1.17 bits per heavy atom. The van der Waals surface area contributed by atoms with Crippen molar-refractivity contribution in [2.75, 3.05) is 19.8 Å². The zero-order valence-electron chi connectivity index (χ0n) is 18.4. The SMILES string of the molecule is C=C(CCNC(=O)[C@]1(C)COc2cc3c(cc21)OC(F)(F)O3)NC(=O)COc1ccc(Cl)c(F)c1. The highest BCUT2D eigenvalue weighted by atomic mass is 35.5. The number of carbonyl (C=O) groups excluding carboxylic acids is 2. The number of hydrogen-bond donors (Lipinski definition) is 2. The van der Waals surface area contributed by atoms with Crippen LogP contribution in [0, 0.1) is 5.82 Å². The Hall–Kier alpha value is -3.60. The Labute approximate surface area is 202 Å². The molecule has 2 heterocycles. The van der Waals surface area contributed by atoms with Gasteiger partial charge < -0.3 is 29.6 Å². The van der Waals surface area contributed by atoms with Crippen molar-refractivity contribution < 1.29 is 41.7 Å². The van der Waals surface area contributed by atoms with E-state index in [-0.39, 0.29) is 54.2 Å². The van der Waals surface area contributed by atoms with Crippen LogP contribution in [0.2, 0.25) is 5.02 Å². The maximum absolute atomic E-state index is 13.4. The average Bonchev–Trinajstić information content (AvgIpc) is 3.27. The molecule has 2 amide bonds. The zero-order valence-corrected chi connectivity index (χ0v) is 19.1. The number of fused-ring (bicyclic) bond motifs is 2. The third kappa shape index (κ3) is 5.24. The summed E-state index contributed by atoms with van der Waals surface area (Å²) in [5, 5.41) is 5.19. The molecule has 0 unspecified atom stereocenters. The number of hydrogen-bond acceptors (Lipinski definition) is 6. The van der Waals surface area contributed by atoms with Gasteiger partial charge in [0.05, 0.1) is 5.02 Å². The molecule has 2 aromatic rings. The van der Waals surface area contributed by atoms with E-state index in [0.717, 1.165) is 6.07 Å². The summed E-state index contributed by atoms with van der Waals surface area (Å²) in [7, 11) is 0. The maximum atomic E-state index is 13.4. The number of ether oxygens (including phenoxy) is 4. The van der Waals surface area contributed by atoms with Crippen molar-refractivity contribution in [1.82, 2.24) is 10.6 Å². The van der Waals surface area contributed by atoms with E-state index in [2.05, 4.69) is 26.7 Å². The maximum Gasteiger partial charge on any atom is 0.586 e. The Morgan fingerprint density at radius 3 is 2.60 bits per heavy atom. The summed E-state index contributed by atoms with van der Waals surface area (Å²) < 4.78 is 59.7. The predicted molar refractivity (Wildman–Crippen MR) is 117 cm³/mol. The normalized spacial score (nSPS) is 18.9. The molecule has 0 aromatic heterocycles. The third-order valence-corrected chi connectivity index (χ3v) is 5.71. The number of halogens is 4. The van der Waals surface area contributed by atoms with Gasteiger partial charge in [-0.05, 0) is 25.1 Å². The van der Waals surface area contributed by atoms with Crippen molar-refractivity contribution in [3.63, 3.8) is 0 Å². The van der Waals surface area contributed by atoms with Crippen LogP contribution >= 0.6 is 11.6 Å². The molecule has 2 aliphatic rings. The van der Waals surface area contributed by atoms with Crippen LogP contribution in [0.5, 0.6) is 23.0 Å². The van der Waals surface area contributed by atoms with E-state index in [1.807, 2.05) is 0 Å². The topological polar surface area (TPSA) is 95.1 Å². The highest BCUT2D eigenvalue weighted by Crippen LogP contribution is 2.49. The van der Waals surface area contributed by atoms with Gasteiger partial charge in [0.1, 0.15) is 29.3 Å². The zero-order chi connectivity index (χ0) is 25.4. The molecule has 2 N–H and O–H groups in total. The molecular formula is C23H20ClF3N2O6. The van der Waals surface area contributed by atoms with Crippen LogP contribution in [0.3, 0.4) is 0 Å². The number of rotatable bonds is 8. The molecule has 2 aromatic carbocycles. The minimum absolute atomic E-state index is 0.00618. The van der Waals surface area contributed by atoms with Crippen LogP contribution in [0.1, 0.15) is 18.9 Å². The fourth-order valence-electron chi connectivity index (χ4n) is 3.55. The van der Waals surface area contributed by atoms with E-state index in [1.54, 1.807) is 6.92 Å². The summed E-state index contributed by atoms with van der Waals surface area (Å²) in [6.07, 6.45) is -3.57. The number of benzene rings is 2. The molecule has 0 aliphatic carbocycles. The lowest BCUT2D eigenvalue weighted by atomic mass is 9.83. The van der Waals surface area contributed by atoms with E-state index in [9.17, 15) is 22.8 Å². The quantitative estimate of drug-likeness (QED) is 0.560. The van der Waals surface area contributed by atoms with Crippen molar-refractivity contribution >= 4 is 23.4 Å². The minimum Gasteiger partial charge on any atom is -0.492 e. The summed E-state index contributed by atoms with van der Waals surface area (Å²) in [6, 6.07) is 6.37. The third-order valence-electron chi connectivity index (χ3n) is 5.40. The van der Waals surface area contributed by atoms with Gasteiger partial charge in [-0.15, -0.1) is 8.78 Å². The molecule has 2 aliphatic heterocycles. The summed E-state index contributed by atoms with van der Waals surface area (Å²) in [5.74, 6) is -1.56. The fraction of sp³-hybridized carbons (Fsp3) is 0.304. The summed E-state index contributed by atoms with van der Waals surface area (Å²) in [5.41, 5.74) is -0.448. The first-order valence-electron chi connectivity index (χ1n) is 10.4. The van der Waals surface area contributed by atoms with Gasteiger partial charge in [-0.2, -0.15) is 0 Å². The summed E-state index contributed by atoms with van der Waals surface area (Å²) in [6.45, 7) is 5.09. The molecule has 0 bridgehead atoms.